The molecule has 0 saturated heterocycles. The van der Waals surface area contributed by atoms with Crippen molar-refractivity contribution in [3.8, 4) is 0 Å². The molecule has 4 heteroatoms. The number of benzene rings is 2. The zero-order valence-electron chi connectivity index (χ0n) is 9.61. The molecule has 94 valence electrons. The van der Waals surface area contributed by atoms with Crippen LogP contribution in [0, 0.1) is 5.82 Å². The molecule has 0 fully saturated rings. The monoisotopic (exact) mass is 265 g/mol. The first kappa shape index (κ1) is 12.9. The standard InChI is InChI=1S/C14H13ClFNO/c15-11-4-2-6-13(8-11)17-9-14(18)10-3-1-5-12(16)7-10/h1-8,14,17-18H,9H2. The number of nitrogens with one attached hydrogen (secondary N) is 1. The van der Waals surface area contributed by atoms with E-state index in [2.05, 4.69) is 5.32 Å². The smallest absolute Gasteiger partial charge is 0.123 e. The van der Waals surface area contributed by atoms with E-state index < -0.39 is 6.10 Å². The quantitative estimate of drug-likeness (QED) is 0.885. The van der Waals surface area contributed by atoms with Crippen molar-refractivity contribution in [1.29, 1.82) is 0 Å². The molecule has 0 heterocycles. The van der Waals surface area contributed by atoms with E-state index in [1.165, 1.54) is 12.1 Å². The molecule has 1 unspecified atom stereocenters. The highest BCUT2D eigenvalue weighted by molar-refractivity contribution is 6.30. The van der Waals surface area contributed by atoms with Crippen LogP contribution in [0.1, 0.15) is 11.7 Å². The second-order valence-electron chi connectivity index (χ2n) is 3.96. The minimum absolute atomic E-state index is 0.295. The van der Waals surface area contributed by atoms with Crippen molar-refractivity contribution in [2.24, 2.45) is 0 Å². The zero-order valence-corrected chi connectivity index (χ0v) is 10.4. The van der Waals surface area contributed by atoms with Crippen molar-refractivity contribution >= 4 is 17.3 Å². The summed E-state index contributed by atoms with van der Waals surface area (Å²) in [5.41, 5.74) is 1.36. The largest absolute Gasteiger partial charge is 0.387 e. The number of hydrogen-bond donors (Lipinski definition) is 2. The Kier molecular flexibility index (Phi) is 4.18. The molecule has 2 aromatic carbocycles. The normalized spacial score (nSPS) is 12.2. The fraction of sp³-hybridized carbons (Fsp3) is 0.143. The second kappa shape index (κ2) is 5.85. The highest BCUT2D eigenvalue weighted by atomic mass is 35.5. The fourth-order valence-electron chi connectivity index (χ4n) is 1.64. The van der Waals surface area contributed by atoms with E-state index in [9.17, 15) is 9.50 Å². The van der Waals surface area contributed by atoms with Crippen molar-refractivity contribution in [3.05, 3.63) is 64.9 Å². The van der Waals surface area contributed by atoms with Crippen molar-refractivity contribution in [1.82, 2.24) is 0 Å². The maximum Gasteiger partial charge on any atom is 0.123 e. The molecule has 18 heavy (non-hydrogen) atoms. The lowest BCUT2D eigenvalue weighted by Gasteiger charge is -2.13. The summed E-state index contributed by atoms with van der Waals surface area (Å²) in [5.74, 6) is -0.352. The van der Waals surface area contributed by atoms with Crippen LogP contribution >= 0.6 is 11.6 Å². The van der Waals surface area contributed by atoms with Gasteiger partial charge in [-0.2, -0.15) is 0 Å². The van der Waals surface area contributed by atoms with Gasteiger partial charge in [-0.15, -0.1) is 0 Å². The summed E-state index contributed by atoms with van der Waals surface area (Å²) in [6.07, 6.45) is -0.764. The van der Waals surface area contributed by atoms with E-state index in [0.29, 0.717) is 17.1 Å². The molecule has 2 N–H and O–H groups in total. The Bertz CT molecular complexity index is 533. The number of anilines is 1. The molecule has 0 saturated carbocycles. The third-order valence-electron chi connectivity index (χ3n) is 2.56. The van der Waals surface area contributed by atoms with Crippen molar-refractivity contribution < 1.29 is 9.50 Å². The predicted molar refractivity (Wildman–Crippen MR) is 71.3 cm³/mol. The average molecular weight is 266 g/mol. The first-order valence-electron chi connectivity index (χ1n) is 5.58. The van der Waals surface area contributed by atoms with Crippen LogP contribution in [-0.4, -0.2) is 11.7 Å². The number of aliphatic hydroxyl groups is 1. The van der Waals surface area contributed by atoms with E-state index in [1.807, 2.05) is 12.1 Å². The molecule has 2 aromatic rings. The first-order valence-corrected chi connectivity index (χ1v) is 5.96. The van der Waals surface area contributed by atoms with Crippen molar-refractivity contribution in [2.75, 3.05) is 11.9 Å². The summed E-state index contributed by atoms with van der Waals surface area (Å²) in [6.45, 7) is 0.295. The highest BCUT2D eigenvalue weighted by Crippen LogP contribution is 2.18. The van der Waals surface area contributed by atoms with Gasteiger partial charge in [0.15, 0.2) is 0 Å². The summed E-state index contributed by atoms with van der Waals surface area (Å²) < 4.78 is 13.0. The molecule has 0 spiro atoms. The van der Waals surface area contributed by atoms with Gasteiger partial charge in [0, 0.05) is 17.3 Å². The first-order chi connectivity index (χ1) is 8.65. The van der Waals surface area contributed by atoms with E-state index in [1.54, 1.807) is 24.3 Å². The summed E-state index contributed by atoms with van der Waals surface area (Å²) in [4.78, 5) is 0. The summed E-state index contributed by atoms with van der Waals surface area (Å²) >= 11 is 5.85. The molecular weight excluding hydrogens is 253 g/mol. The van der Waals surface area contributed by atoms with E-state index >= 15 is 0 Å². The van der Waals surface area contributed by atoms with Gasteiger partial charge in [-0.1, -0.05) is 29.8 Å². The van der Waals surface area contributed by atoms with Crippen molar-refractivity contribution in [3.63, 3.8) is 0 Å². The summed E-state index contributed by atoms with van der Waals surface area (Å²) in [5, 5.41) is 13.6. The van der Waals surface area contributed by atoms with Crippen LogP contribution in [0.25, 0.3) is 0 Å². The molecule has 1 atom stereocenters. The van der Waals surface area contributed by atoms with Gasteiger partial charge in [0.05, 0.1) is 6.10 Å². The molecular formula is C14H13ClFNO. The van der Waals surface area contributed by atoms with Crippen LogP contribution in [0.15, 0.2) is 48.5 Å². The topological polar surface area (TPSA) is 32.3 Å². The van der Waals surface area contributed by atoms with Crippen LogP contribution < -0.4 is 5.32 Å². The molecule has 0 amide bonds. The van der Waals surface area contributed by atoms with Gasteiger partial charge in [0.2, 0.25) is 0 Å². The van der Waals surface area contributed by atoms with Crippen LogP contribution in [0.2, 0.25) is 5.02 Å². The Labute approximate surface area is 110 Å². The maximum atomic E-state index is 13.0. The molecule has 0 aliphatic rings. The lowest BCUT2D eigenvalue weighted by Crippen LogP contribution is -2.12. The fourth-order valence-corrected chi connectivity index (χ4v) is 1.83. The maximum absolute atomic E-state index is 13.0. The number of hydrogen-bond acceptors (Lipinski definition) is 2. The SMILES string of the molecule is OC(CNc1cccc(Cl)c1)c1cccc(F)c1. The number of rotatable bonds is 4. The van der Waals surface area contributed by atoms with Gasteiger partial charge in [-0.05, 0) is 35.9 Å². The highest BCUT2D eigenvalue weighted by Gasteiger charge is 2.07. The third-order valence-corrected chi connectivity index (χ3v) is 2.79. The molecule has 0 aliphatic heterocycles. The lowest BCUT2D eigenvalue weighted by atomic mass is 10.1. The Morgan fingerprint density at radius 2 is 1.94 bits per heavy atom. The van der Waals surface area contributed by atoms with Gasteiger partial charge >= 0.3 is 0 Å². The zero-order chi connectivity index (χ0) is 13.0. The van der Waals surface area contributed by atoms with E-state index in [4.69, 9.17) is 11.6 Å². The van der Waals surface area contributed by atoms with Gasteiger partial charge in [-0.25, -0.2) is 4.39 Å². The molecule has 2 nitrogen and oxygen atoms in total. The average Bonchev–Trinajstić information content (AvgIpc) is 2.36. The Balaban J connectivity index is 1.98. The van der Waals surface area contributed by atoms with E-state index in [-0.39, 0.29) is 5.82 Å². The van der Waals surface area contributed by atoms with Crippen molar-refractivity contribution in [2.45, 2.75) is 6.10 Å². The Morgan fingerprint density at radius 3 is 2.67 bits per heavy atom. The van der Waals surface area contributed by atoms with Crippen LogP contribution in [0.3, 0.4) is 0 Å². The van der Waals surface area contributed by atoms with Gasteiger partial charge in [-0.3, -0.25) is 0 Å². The van der Waals surface area contributed by atoms with Gasteiger partial charge in [0.25, 0.3) is 0 Å². The second-order valence-corrected chi connectivity index (χ2v) is 4.40. The van der Waals surface area contributed by atoms with E-state index in [0.717, 1.165) is 5.69 Å². The third kappa shape index (κ3) is 3.45. The summed E-state index contributed by atoms with van der Waals surface area (Å²) in [6, 6.07) is 13.1. The molecule has 0 aromatic heterocycles. The molecule has 0 bridgehead atoms. The van der Waals surface area contributed by atoms with Crippen LogP contribution in [0.5, 0.6) is 0 Å². The molecule has 0 aliphatic carbocycles. The van der Waals surface area contributed by atoms with Gasteiger partial charge < -0.3 is 10.4 Å². The predicted octanol–water partition coefficient (Wildman–Crippen LogP) is 3.62. The minimum atomic E-state index is -0.764. The lowest BCUT2D eigenvalue weighted by molar-refractivity contribution is 0.191. The summed E-state index contributed by atoms with van der Waals surface area (Å²) in [7, 11) is 0. The van der Waals surface area contributed by atoms with Crippen LogP contribution in [0.4, 0.5) is 10.1 Å². The Hall–Kier alpha value is -1.58. The van der Waals surface area contributed by atoms with Crippen LogP contribution in [-0.2, 0) is 0 Å². The minimum Gasteiger partial charge on any atom is -0.387 e. The van der Waals surface area contributed by atoms with Gasteiger partial charge in [0.1, 0.15) is 5.82 Å². The Morgan fingerprint density at radius 1 is 1.17 bits per heavy atom. The molecule has 2 rings (SSSR count). The number of aliphatic hydroxyl groups excluding tert-OH is 1. The number of halogens is 2. The molecule has 0 radical (unpaired) electrons.